The number of nitrogens with zero attached hydrogens (tertiary/aromatic N) is 2. The molecule has 7 nitrogen and oxygen atoms in total. The van der Waals surface area contributed by atoms with Gasteiger partial charge in [-0.05, 0) is 17.7 Å². The number of rotatable bonds is 4. The van der Waals surface area contributed by atoms with E-state index in [1.165, 1.54) is 7.11 Å². The van der Waals surface area contributed by atoms with Crippen LogP contribution in [0, 0.1) is 0 Å². The van der Waals surface area contributed by atoms with Gasteiger partial charge in [-0.1, -0.05) is 23.7 Å². The summed E-state index contributed by atoms with van der Waals surface area (Å²) in [6, 6.07) is 6.65. The van der Waals surface area contributed by atoms with Crippen LogP contribution in [-0.4, -0.2) is 28.5 Å². The molecule has 1 heterocycles. The second kappa shape index (κ2) is 7.00. The smallest absolute Gasteiger partial charge is 0.377 e. The Kier molecular flexibility index (Phi) is 5.07. The predicted molar refractivity (Wildman–Crippen MR) is 78.6 cm³/mol. The molecular formula is C12H11ClN4O3S. The monoisotopic (exact) mass is 326 g/mol. The lowest BCUT2D eigenvalue weighted by atomic mass is 10.2. The Hall–Kier alpha value is -2.19. The lowest BCUT2D eigenvalue weighted by Gasteiger charge is -2.05. The molecule has 0 aliphatic rings. The van der Waals surface area contributed by atoms with Crippen molar-refractivity contribution in [2.45, 2.75) is 6.54 Å². The molecule has 2 amide bonds. The van der Waals surface area contributed by atoms with E-state index in [1.54, 1.807) is 12.1 Å². The Balaban J connectivity index is 1.85. The summed E-state index contributed by atoms with van der Waals surface area (Å²) < 4.78 is 8.24. The first-order valence-corrected chi connectivity index (χ1v) is 6.95. The average molecular weight is 327 g/mol. The minimum absolute atomic E-state index is 0.0875. The highest BCUT2D eigenvalue weighted by Crippen LogP contribution is 2.12. The van der Waals surface area contributed by atoms with Gasteiger partial charge in [-0.2, -0.15) is 9.36 Å². The Morgan fingerprint density at radius 3 is 2.71 bits per heavy atom. The zero-order valence-corrected chi connectivity index (χ0v) is 12.5. The molecule has 0 bridgehead atoms. The molecular weight excluding hydrogens is 316 g/mol. The summed E-state index contributed by atoms with van der Waals surface area (Å²) in [5, 5.41) is 5.98. The van der Waals surface area contributed by atoms with Crippen LogP contribution in [0.2, 0.25) is 5.02 Å². The van der Waals surface area contributed by atoms with Gasteiger partial charge in [0.2, 0.25) is 5.13 Å². The standard InChI is InChI=1S/C12H11ClN4O3S/c1-20-10(18)9-15-12(21-17-9)16-11(19)14-6-7-2-4-8(13)5-3-7/h2-5H,6H2,1H3,(H2,14,15,16,17,19). The van der Waals surface area contributed by atoms with E-state index >= 15 is 0 Å². The van der Waals surface area contributed by atoms with Crippen molar-refractivity contribution >= 4 is 40.3 Å². The maximum Gasteiger partial charge on any atom is 0.377 e. The molecule has 21 heavy (non-hydrogen) atoms. The summed E-state index contributed by atoms with van der Waals surface area (Å²) >= 11 is 6.66. The molecule has 0 saturated heterocycles. The molecule has 2 rings (SSSR count). The fourth-order valence-electron chi connectivity index (χ4n) is 1.37. The summed E-state index contributed by atoms with van der Waals surface area (Å²) in [7, 11) is 1.23. The number of hydrogen-bond donors (Lipinski definition) is 2. The number of esters is 1. The van der Waals surface area contributed by atoms with Crippen molar-refractivity contribution in [3.05, 3.63) is 40.7 Å². The number of aromatic nitrogens is 2. The van der Waals surface area contributed by atoms with Gasteiger partial charge in [0.15, 0.2) is 0 Å². The van der Waals surface area contributed by atoms with Crippen molar-refractivity contribution in [2.75, 3.05) is 12.4 Å². The van der Waals surface area contributed by atoms with Crippen molar-refractivity contribution in [3.63, 3.8) is 0 Å². The van der Waals surface area contributed by atoms with Crippen LogP contribution in [0.25, 0.3) is 0 Å². The first-order chi connectivity index (χ1) is 10.1. The summed E-state index contributed by atoms with van der Waals surface area (Å²) in [6.45, 7) is 0.339. The van der Waals surface area contributed by atoms with Crippen LogP contribution in [0.15, 0.2) is 24.3 Å². The summed E-state index contributed by atoms with van der Waals surface area (Å²) in [4.78, 5) is 26.7. The van der Waals surface area contributed by atoms with E-state index in [0.717, 1.165) is 17.1 Å². The minimum Gasteiger partial charge on any atom is -0.463 e. The van der Waals surface area contributed by atoms with E-state index in [4.69, 9.17) is 11.6 Å². The third kappa shape index (κ3) is 4.40. The van der Waals surface area contributed by atoms with Crippen LogP contribution >= 0.6 is 23.1 Å². The van der Waals surface area contributed by atoms with Gasteiger partial charge >= 0.3 is 12.0 Å². The molecule has 9 heteroatoms. The first-order valence-electron chi connectivity index (χ1n) is 5.80. The van der Waals surface area contributed by atoms with Gasteiger partial charge in [0.05, 0.1) is 7.11 Å². The van der Waals surface area contributed by atoms with Gasteiger partial charge in [0, 0.05) is 23.1 Å². The highest BCUT2D eigenvalue weighted by Gasteiger charge is 2.14. The summed E-state index contributed by atoms with van der Waals surface area (Å²) in [5.74, 6) is -0.739. The van der Waals surface area contributed by atoms with Crippen LogP contribution in [0.4, 0.5) is 9.93 Å². The SMILES string of the molecule is COC(=O)c1nsc(NC(=O)NCc2ccc(Cl)cc2)n1. The predicted octanol–water partition coefficient (Wildman–Crippen LogP) is 2.30. The Bertz CT molecular complexity index is 644. The highest BCUT2D eigenvalue weighted by molar-refractivity contribution is 7.10. The van der Waals surface area contributed by atoms with Crippen LogP contribution in [-0.2, 0) is 11.3 Å². The highest BCUT2D eigenvalue weighted by atomic mass is 35.5. The number of hydrogen-bond acceptors (Lipinski definition) is 6. The summed E-state index contributed by atoms with van der Waals surface area (Å²) in [6.07, 6.45) is 0. The second-order valence-electron chi connectivity index (χ2n) is 3.85. The molecule has 1 aromatic carbocycles. The molecule has 0 spiro atoms. The van der Waals surface area contributed by atoms with E-state index in [9.17, 15) is 9.59 Å². The number of nitrogens with one attached hydrogen (secondary N) is 2. The molecule has 2 N–H and O–H groups in total. The van der Waals surface area contributed by atoms with E-state index < -0.39 is 12.0 Å². The normalized spacial score (nSPS) is 10.0. The number of ether oxygens (including phenoxy) is 1. The molecule has 0 radical (unpaired) electrons. The lowest BCUT2D eigenvalue weighted by Crippen LogP contribution is -2.28. The van der Waals surface area contributed by atoms with E-state index in [1.807, 2.05) is 12.1 Å². The largest absolute Gasteiger partial charge is 0.463 e. The molecule has 0 aliphatic heterocycles. The third-order valence-electron chi connectivity index (χ3n) is 2.38. The molecule has 2 aromatic rings. The van der Waals surface area contributed by atoms with Crippen LogP contribution in [0.1, 0.15) is 16.2 Å². The lowest BCUT2D eigenvalue weighted by molar-refractivity contribution is 0.0588. The molecule has 110 valence electrons. The molecule has 0 saturated carbocycles. The number of benzene rings is 1. The van der Waals surface area contributed by atoms with Gasteiger partial charge in [-0.3, -0.25) is 5.32 Å². The van der Waals surface area contributed by atoms with Gasteiger partial charge in [-0.15, -0.1) is 0 Å². The second-order valence-corrected chi connectivity index (χ2v) is 5.04. The fourth-order valence-corrected chi connectivity index (χ4v) is 2.05. The maximum atomic E-state index is 11.7. The first kappa shape index (κ1) is 15.2. The quantitative estimate of drug-likeness (QED) is 0.841. The topological polar surface area (TPSA) is 93.2 Å². The number of halogens is 1. The Morgan fingerprint density at radius 1 is 1.33 bits per heavy atom. The van der Waals surface area contributed by atoms with Gasteiger partial charge in [0.25, 0.3) is 5.82 Å². The molecule has 1 aromatic heterocycles. The van der Waals surface area contributed by atoms with E-state index in [2.05, 4.69) is 24.7 Å². The average Bonchev–Trinajstić information content (AvgIpc) is 2.94. The van der Waals surface area contributed by atoms with E-state index in [-0.39, 0.29) is 11.0 Å². The molecule has 0 atom stereocenters. The number of amides is 2. The van der Waals surface area contributed by atoms with Crippen molar-refractivity contribution in [1.82, 2.24) is 14.7 Å². The van der Waals surface area contributed by atoms with Gasteiger partial charge in [0.1, 0.15) is 0 Å². The van der Waals surface area contributed by atoms with Crippen molar-refractivity contribution in [2.24, 2.45) is 0 Å². The Labute approximate surface area is 129 Å². The summed E-state index contributed by atoms with van der Waals surface area (Å²) in [5.41, 5.74) is 0.905. The number of methoxy groups -OCH3 is 1. The van der Waals surface area contributed by atoms with Crippen LogP contribution in [0.5, 0.6) is 0 Å². The minimum atomic E-state index is -0.652. The van der Waals surface area contributed by atoms with Gasteiger partial charge < -0.3 is 10.1 Å². The number of carbonyl (C=O) groups excluding carboxylic acids is 2. The molecule has 0 unspecified atom stereocenters. The number of urea groups is 1. The number of anilines is 1. The zero-order chi connectivity index (χ0) is 15.2. The van der Waals surface area contributed by atoms with Gasteiger partial charge in [-0.25, -0.2) is 9.59 Å². The van der Waals surface area contributed by atoms with E-state index in [0.29, 0.717) is 11.6 Å². The Morgan fingerprint density at radius 2 is 2.05 bits per heavy atom. The maximum absolute atomic E-state index is 11.7. The van der Waals surface area contributed by atoms with Crippen molar-refractivity contribution < 1.29 is 14.3 Å². The van der Waals surface area contributed by atoms with Crippen molar-refractivity contribution in [3.8, 4) is 0 Å². The third-order valence-corrected chi connectivity index (χ3v) is 3.26. The fraction of sp³-hybridized carbons (Fsp3) is 0.167. The number of carbonyl (C=O) groups is 2. The zero-order valence-electron chi connectivity index (χ0n) is 10.9. The molecule has 0 aliphatic carbocycles. The van der Waals surface area contributed by atoms with Crippen molar-refractivity contribution in [1.29, 1.82) is 0 Å². The van der Waals surface area contributed by atoms with Crippen LogP contribution in [0.3, 0.4) is 0 Å². The molecule has 0 fully saturated rings. The van der Waals surface area contributed by atoms with Crippen LogP contribution < -0.4 is 10.6 Å².